The second kappa shape index (κ2) is 6.34. The van der Waals surface area contributed by atoms with E-state index in [1.807, 2.05) is 6.92 Å². The van der Waals surface area contributed by atoms with Gasteiger partial charge in [0.1, 0.15) is 5.82 Å². The van der Waals surface area contributed by atoms with Crippen molar-refractivity contribution in [2.45, 2.75) is 32.0 Å². The summed E-state index contributed by atoms with van der Waals surface area (Å²) in [5, 5.41) is 5.47. The first-order valence-corrected chi connectivity index (χ1v) is 6.95. The highest BCUT2D eigenvalue weighted by Gasteiger charge is 2.25. The Morgan fingerprint density at radius 3 is 3.00 bits per heavy atom. The van der Waals surface area contributed by atoms with Gasteiger partial charge < -0.3 is 15.4 Å². The first kappa shape index (κ1) is 14.3. The average molecular weight is 331 g/mol. The molecule has 6 heteroatoms. The molecule has 1 heterocycles. The molecule has 0 unspecified atom stereocenters. The van der Waals surface area contributed by atoms with E-state index in [-0.39, 0.29) is 30.5 Å². The number of ether oxygens (including phenoxy) is 1. The molecule has 1 saturated heterocycles. The van der Waals surface area contributed by atoms with Gasteiger partial charge in [-0.3, -0.25) is 0 Å². The molecule has 0 bridgehead atoms. The molecule has 1 aliphatic rings. The van der Waals surface area contributed by atoms with Crippen LogP contribution < -0.4 is 10.6 Å². The van der Waals surface area contributed by atoms with E-state index in [0.717, 1.165) is 6.42 Å². The number of benzene rings is 1. The lowest BCUT2D eigenvalue weighted by Gasteiger charge is -2.16. The lowest BCUT2D eigenvalue weighted by atomic mass is 10.2. The number of urea groups is 1. The zero-order valence-corrected chi connectivity index (χ0v) is 12.2. The number of nitrogens with one attached hydrogen (secondary N) is 2. The first-order chi connectivity index (χ1) is 9.06. The number of hydrogen-bond donors (Lipinski definition) is 2. The maximum Gasteiger partial charge on any atom is 0.315 e. The van der Waals surface area contributed by atoms with Crippen LogP contribution >= 0.6 is 15.9 Å². The molecular formula is C13H16BrFN2O2. The third-order valence-electron chi connectivity index (χ3n) is 3.15. The Morgan fingerprint density at radius 2 is 2.37 bits per heavy atom. The van der Waals surface area contributed by atoms with Crippen molar-refractivity contribution in [3.63, 3.8) is 0 Å². The second-order valence-corrected chi connectivity index (χ2v) is 5.45. The van der Waals surface area contributed by atoms with E-state index in [1.165, 1.54) is 6.07 Å². The molecule has 19 heavy (non-hydrogen) atoms. The van der Waals surface area contributed by atoms with E-state index < -0.39 is 0 Å². The Hall–Kier alpha value is -1.14. The van der Waals surface area contributed by atoms with E-state index in [1.54, 1.807) is 12.1 Å². The van der Waals surface area contributed by atoms with Gasteiger partial charge in [0.15, 0.2) is 0 Å². The molecule has 2 rings (SSSR count). The average Bonchev–Trinajstić information content (AvgIpc) is 2.74. The van der Waals surface area contributed by atoms with Crippen LogP contribution in [0.1, 0.15) is 18.9 Å². The van der Waals surface area contributed by atoms with E-state index in [0.29, 0.717) is 16.6 Å². The first-order valence-electron chi connectivity index (χ1n) is 6.16. The van der Waals surface area contributed by atoms with Crippen LogP contribution in [-0.4, -0.2) is 24.8 Å². The summed E-state index contributed by atoms with van der Waals surface area (Å²) in [5.41, 5.74) is 0.453. The minimum Gasteiger partial charge on any atom is -0.376 e. The molecule has 2 amide bonds. The third-order valence-corrected chi connectivity index (χ3v) is 3.64. The maximum absolute atomic E-state index is 13.5. The quantitative estimate of drug-likeness (QED) is 0.894. The third kappa shape index (κ3) is 3.91. The highest BCUT2D eigenvalue weighted by Crippen LogP contribution is 2.15. The molecule has 1 aliphatic heterocycles. The summed E-state index contributed by atoms with van der Waals surface area (Å²) in [6.45, 7) is 2.74. The van der Waals surface area contributed by atoms with Gasteiger partial charge in [-0.25, -0.2) is 9.18 Å². The molecule has 0 spiro atoms. The van der Waals surface area contributed by atoms with Crippen molar-refractivity contribution in [1.29, 1.82) is 0 Å². The van der Waals surface area contributed by atoms with Crippen LogP contribution in [0.15, 0.2) is 22.7 Å². The largest absolute Gasteiger partial charge is 0.376 e. The highest BCUT2D eigenvalue weighted by atomic mass is 79.9. The second-order valence-electron chi connectivity index (χ2n) is 4.53. The van der Waals surface area contributed by atoms with Gasteiger partial charge in [0, 0.05) is 23.2 Å². The number of carbonyl (C=O) groups excluding carboxylic acids is 1. The number of amides is 2. The minimum absolute atomic E-state index is 0.0229. The summed E-state index contributed by atoms with van der Waals surface area (Å²) in [5.74, 6) is -0.341. The van der Waals surface area contributed by atoms with Gasteiger partial charge in [0.05, 0.1) is 12.1 Å². The van der Waals surface area contributed by atoms with Crippen molar-refractivity contribution in [2.24, 2.45) is 0 Å². The van der Waals surface area contributed by atoms with E-state index in [2.05, 4.69) is 26.6 Å². The fourth-order valence-electron chi connectivity index (χ4n) is 1.98. The number of carbonyl (C=O) groups is 1. The lowest BCUT2D eigenvalue weighted by molar-refractivity contribution is 0.114. The van der Waals surface area contributed by atoms with E-state index in [9.17, 15) is 9.18 Å². The van der Waals surface area contributed by atoms with Crippen molar-refractivity contribution in [2.75, 3.05) is 6.61 Å². The maximum atomic E-state index is 13.5. The van der Waals surface area contributed by atoms with Gasteiger partial charge in [0.2, 0.25) is 0 Å². The summed E-state index contributed by atoms with van der Waals surface area (Å²) in [7, 11) is 0. The van der Waals surface area contributed by atoms with Crippen molar-refractivity contribution < 1.29 is 13.9 Å². The van der Waals surface area contributed by atoms with E-state index >= 15 is 0 Å². The summed E-state index contributed by atoms with van der Waals surface area (Å²) in [6, 6.07) is 4.48. The predicted octanol–water partition coefficient (Wildman–Crippen LogP) is 2.56. The van der Waals surface area contributed by atoms with Gasteiger partial charge in [-0.1, -0.05) is 22.0 Å². The number of halogens is 2. The molecule has 1 aromatic rings. The zero-order chi connectivity index (χ0) is 13.8. The fraction of sp³-hybridized carbons (Fsp3) is 0.462. The SMILES string of the molecule is C[C@@H]1OCC[C@H]1NC(=O)NCc1ccc(Br)cc1F. The lowest BCUT2D eigenvalue weighted by Crippen LogP contribution is -2.44. The normalized spacial score (nSPS) is 22.3. The minimum atomic E-state index is -0.341. The molecule has 2 N–H and O–H groups in total. The van der Waals surface area contributed by atoms with Crippen LogP contribution in [0.2, 0.25) is 0 Å². The molecular weight excluding hydrogens is 315 g/mol. The monoisotopic (exact) mass is 330 g/mol. The Bertz CT molecular complexity index is 470. The number of hydrogen-bond acceptors (Lipinski definition) is 2. The molecule has 0 saturated carbocycles. The molecule has 1 fully saturated rings. The van der Waals surface area contributed by atoms with Gasteiger partial charge in [-0.05, 0) is 25.5 Å². The van der Waals surface area contributed by atoms with Crippen molar-refractivity contribution in [3.05, 3.63) is 34.1 Å². The van der Waals surface area contributed by atoms with E-state index in [4.69, 9.17) is 4.74 Å². The molecule has 4 nitrogen and oxygen atoms in total. The molecule has 0 aromatic heterocycles. The Kier molecular flexibility index (Phi) is 4.76. The topological polar surface area (TPSA) is 50.4 Å². The summed E-state index contributed by atoms with van der Waals surface area (Å²) in [6.07, 6.45) is 0.830. The standard InChI is InChI=1S/C13H16BrFN2O2/c1-8-12(4-5-19-8)17-13(18)16-7-9-2-3-10(14)6-11(9)15/h2-3,6,8,12H,4-5,7H2,1H3,(H2,16,17,18)/t8-,12+/m0/s1. The van der Waals surface area contributed by atoms with Crippen molar-refractivity contribution >= 4 is 22.0 Å². The Morgan fingerprint density at radius 1 is 1.58 bits per heavy atom. The number of rotatable bonds is 3. The Labute approximate surface area is 119 Å². The van der Waals surface area contributed by atoms with Gasteiger partial charge in [-0.15, -0.1) is 0 Å². The summed E-state index contributed by atoms with van der Waals surface area (Å²) < 4.78 is 19.6. The summed E-state index contributed by atoms with van der Waals surface area (Å²) >= 11 is 3.19. The molecule has 0 radical (unpaired) electrons. The van der Waals surface area contributed by atoms with Crippen LogP contribution in [0, 0.1) is 5.82 Å². The fourth-order valence-corrected chi connectivity index (χ4v) is 2.31. The van der Waals surface area contributed by atoms with Crippen LogP contribution in [0.5, 0.6) is 0 Å². The molecule has 0 aliphatic carbocycles. The van der Waals surface area contributed by atoms with Crippen LogP contribution in [0.3, 0.4) is 0 Å². The smallest absolute Gasteiger partial charge is 0.315 e. The summed E-state index contributed by atoms with van der Waals surface area (Å²) in [4.78, 5) is 11.7. The van der Waals surface area contributed by atoms with Gasteiger partial charge in [-0.2, -0.15) is 0 Å². The van der Waals surface area contributed by atoms with Crippen LogP contribution in [-0.2, 0) is 11.3 Å². The predicted molar refractivity (Wildman–Crippen MR) is 73.3 cm³/mol. The van der Waals surface area contributed by atoms with Crippen molar-refractivity contribution in [1.82, 2.24) is 10.6 Å². The van der Waals surface area contributed by atoms with Crippen LogP contribution in [0.25, 0.3) is 0 Å². The Balaban J connectivity index is 1.83. The van der Waals surface area contributed by atoms with Gasteiger partial charge in [0.25, 0.3) is 0 Å². The highest BCUT2D eigenvalue weighted by molar-refractivity contribution is 9.10. The molecule has 2 atom stereocenters. The van der Waals surface area contributed by atoms with Gasteiger partial charge >= 0.3 is 6.03 Å². The molecule has 104 valence electrons. The van der Waals surface area contributed by atoms with Crippen molar-refractivity contribution in [3.8, 4) is 0 Å². The molecule has 1 aromatic carbocycles. The van der Waals surface area contributed by atoms with Crippen LogP contribution in [0.4, 0.5) is 9.18 Å². The zero-order valence-electron chi connectivity index (χ0n) is 10.6.